The molecule has 0 saturated carbocycles. The Hall–Kier alpha value is 0.423. The Morgan fingerprint density at radius 3 is 2.24 bits per heavy atom. The summed E-state index contributed by atoms with van der Waals surface area (Å²) in [7, 11) is 9.87. The van der Waals surface area contributed by atoms with Gasteiger partial charge in [-0.1, -0.05) is 43.2 Å². The van der Waals surface area contributed by atoms with Gasteiger partial charge in [0.05, 0.1) is 0 Å². The maximum atomic E-state index is 4.93. The van der Waals surface area contributed by atoms with Crippen LogP contribution in [0.4, 0.5) is 0 Å². The van der Waals surface area contributed by atoms with Gasteiger partial charge in [0.1, 0.15) is 0 Å². The number of allylic oxidation sites excluding steroid dienone is 1. The van der Waals surface area contributed by atoms with Crippen molar-refractivity contribution in [2.75, 3.05) is 0 Å². The number of rotatable bonds is 1. The van der Waals surface area contributed by atoms with E-state index in [1.54, 1.807) is 0 Å². The van der Waals surface area contributed by atoms with E-state index in [0.717, 1.165) is 0 Å². The van der Waals surface area contributed by atoms with Crippen LogP contribution in [-0.4, -0.2) is 0 Å². The molecule has 0 atom stereocenters. The molecule has 17 heavy (non-hydrogen) atoms. The summed E-state index contributed by atoms with van der Waals surface area (Å²) in [5.41, 5.74) is 7.04. The molecule has 0 bridgehead atoms. The van der Waals surface area contributed by atoms with Crippen LogP contribution in [0.1, 0.15) is 48.9 Å². The zero-order chi connectivity index (χ0) is 13.0. The molecular weight excluding hydrogens is 330 g/mol. The fourth-order valence-electron chi connectivity index (χ4n) is 2.13. The number of benzene rings is 1. The van der Waals surface area contributed by atoms with E-state index in [0.29, 0.717) is 5.92 Å². The van der Waals surface area contributed by atoms with Crippen LogP contribution in [0.3, 0.4) is 0 Å². The van der Waals surface area contributed by atoms with Crippen LogP contribution < -0.4 is 0 Å². The first-order chi connectivity index (χ1) is 7.99. The summed E-state index contributed by atoms with van der Waals surface area (Å²) in [6.07, 6.45) is 4.57. The van der Waals surface area contributed by atoms with Gasteiger partial charge in [0.15, 0.2) is 0 Å². The Morgan fingerprint density at radius 1 is 1.12 bits per heavy atom. The summed E-state index contributed by atoms with van der Waals surface area (Å²) in [6, 6.07) is 4.58. The molecule has 1 radical (unpaired) electrons. The molecule has 3 heteroatoms. The van der Waals surface area contributed by atoms with E-state index >= 15 is 0 Å². The van der Waals surface area contributed by atoms with Gasteiger partial charge in [-0.2, -0.15) is 0 Å². The molecule has 0 unspecified atom stereocenters. The molecule has 0 amide bonds. The Balaban J connectivity index is 0.000000437. The van der Waals surface area contributed by atoms with E-state index in [1.807, 2.05) is 0 Å². The SMILES string of the molecule is CC1=Cc2c(cc(C)cc2C(C)C)[CH]1.[Cl][Zr][Cl]. The van der Waals surface area contributed by atoms with Crippen LogP contribution >= 0.6 is 17.0 Å². The third-order valence-corrected chi connectivity index (χ3v) is 2.77. The molecule has 0 aromatic heterocycles. The van der Waals surface area contributed by atoms with Crippen molar-refractivity contribution < 1.29 is 20.8 Å². The molecule has 91 valence electrons. The molecule has 0 aliphatic heterocycles. The summed E-state index contributed by atoms with van der Waals surface area (Å²) >= 11 is -0.826. The summed E-state index contributed by atoms with van der Waals surface area (Å²) < 4.78 is 0. The van der Waals surface area contributed by atoms with E-state index in [1.165, 1.54) is 27.8 Å². The molecule has 1 aromatic rings. The predicted octanol–water partition coefficient (Wildman–Crippen LogP) is 5.46. The van der Waals surface area contributed by atoms with Crippen LogP contribution in [0.2, 0.25) is 0 Å². The van der Waals surface area contributed by atoms with Crippen molar-refractivity contribution in [2.45, 2.75) is 33.6 Å². The molecule has 0 nitrogen and oxygen atoms in total. The fraction of sp³-hybridized carbons (Fsp3) is 0.357. The number of hydrogen-bond donors (Lipinski definition) is 0. The van der Waals surface area contributed by atoms with Crippen LogP contribution in [0.25, 0.3) is 6.08 Å². The molecule has 2 rings (SSSR count). The number of aryl methyl sites for hydroxylation is 1. The molecule has 1 aromatic carbocycles. The quantitative estimate of drug-likeness (QED) is 0.632. The monoisotopic (exact) mass is 345 g/mol. The van der Waals surface area contributed by atoms with Gasteiger partial charge in [0.25, 0.3) is 0 Å². The number of fused-ring (bicyclic) bond motifs is 1. The van der Waals surface area contributed by atoms with Crippen LogP contribution in [0.15, 0.2) is 17.7 Å². The molecule has 0 saturated heterocycles. The van der Waals surface area contributed by atoms with Gasteiger partial charge in [-0.25, -0.2) is 0 Å². The zero-order valence-corrected chi connectivity index (χ0v) is 14.6. The van der Waals surface area contributed by atoms with Crippen LogP contribution in [-0.2, 0) is 20.8 Å². The normalized spacial score (nSPS) is 12.8. The van der Waals surface area contributed by atoms with Crippen LogP contribution in [0, 0.1) is 13.3 Å². The summed E-state index contributed by atoms with van der Waals surface area (Å²) in [5.74, 6) is 0.610. The van der Waals surface area contributed by atoms with E-state index in [9.17, 15) is 0 Å². The second-order valence-electron chi connectivity index (χ2n) is 4.62. The summed E-state index contributed by atoms with van der Waals surface area (Å²) in [4.78, 5) is 0. The van der Waals surface area contributed by atoms with E-state index in [-0.39, 0.29) is 0 Å². The molecule has 0 N–H and O–H groups in total. The second-order valence-corrected chi connectivity index (χ2v) is 8.35. The van der Waals surface area contributed by atoms with Crippen molar-refractivity contribution in [1.82, 2.24) is 0 Å². The van der Waals surface area contributed by atoms with Gasteiger partial charge in [0.2, 0.25) is 0 Å². The summed E-state index contributed by atoms with van der Waals surface area (Å²) in [5, 5.41) is 0. The average molecular weight is 347 g/mol. The standard InChI is InChI=1S/C14H17.2ClH.Zr/c1-9(2)13-7-10(3)5-12-6-11(4)8-14(12)13;;;/h5-9H,1-4H3;2*1H;/q;;;+2/p-2. The Labute approximate surface area is 123 Å². The van der Waals surface area contributed by atoms with Crippen molar-refractivity contribution in [2.24, 2.45) is 0 Å². The average Bonchev–Trinajstić information content (AvgIpc) is 2.57. The van der Waals surface area contributed by atoms with Gasteiger partial charge in [0, 0.05) is 6.42 Å². The second kappa shape index (κ2) is 7.12. The predicted molar refractivity (Wildman–Crippen MR) is 74.0 cm³/mol. The van der Waals surface area contributed by atoms with Gasteiger partial charge >= 0.3 is 37.9 Å². The van der Waals surface area contributed by atoms with Crippen molar-refractivity contribution >= 4 is 23.1 Å². The van der Waals surface area contributed by atoms with Gasteiger partial charge in [-0.3, -0.25) is 0 Å². The van der Waals surface area contributed by atoms with Crippen molar-refractivity contribution in [3.05, 3.63) is 46.4 Å². The van der Waals surface area contributed by atoms with E-state index < -0.39 is 20.8 Å². The minimum absolute atomic E-state index is 0.610. The van der Waals surface area contributed by atoms with E-state index in [2.05, 4.69) is 52.3 Å². The first kappa shape index (κ1) is 15.5. The van der Waals surface area contributed by atoms with Crippen molar-refractivity contribution in [3.8, 4) is 0 Å². The molecule has 0 heterocycles. The fourth-order valence-corrected chi connectivity index (χ4v) is 2.13. The Kier molecular flexibility index (Phi) is 6.48. The van der Waals surface area contributed by atoms with Gasteiger partial charge in [-0.15, -0.1) is 0 Å². The van der Waals surface area contributed by atoms with Crippen molar-refractivity contribution in [1.29, 1.82) is 0 Å². The third kappa shape index (κ3) is 4.23. The third-order valence-electron chi connectivity index (χ3n) is 2.77. The maximum absolute atomic E-state index is 4.93. The molecule has 1 aliphatic rings. The molecule has 0 spiro atoms. The minimum atomic E-state index is -0.826. The Morgan fingerprint density at radius 2 is 1.71 bits per heavy atom. The first-order valence-corrected chi connectivity index (χ1v) is 12.0. The van der Waals surface area contributed by atoms with Gasteiger partial charge < -0.3 is 0 Å². The van der Waals surface area contributed by atoms with Crippen molar-refractivity contribution in [3.63, 3.8) is 0 Å². The van der Waals surface area contributed by atoms with Crippen LogP contribution in [0.5, 0.6) is 0 Å². The topological polar surface area (TPSA) is 0 Å². The molecule has 1 aliphatic carbocycles. The molecular formula is C14H17Cl2Zr. The zero-order valence-electron chi connectivity index (χ0n) is 10.6. The summed E-state index contributed by atoms with van der Waals surface area (Å²) in [6.45, 7) is 8.86. The Bertz CT molecular complexity index is 422. The van der Waals surface area contributed by atoms with E-state index in [4.69, 9.17) is 17.0 Å². The number of hydrogen-bond acceptors (Lipinski definition) is 0. The number of halogens is 2. The molecule has 0 fully saturated rings. The van der Waals surface area contributed by atoms with Gasteiger partial charge in [-0.05, 0) is 36.5 Å². The first-order valence-electron chi connectivity index (χ1n) is 5.63.